The van der Waals surface area contributed by atoms with Crippen molar-refractivity contribution in [2.24, 2.45) is 0 Å². The zero-order valence-corrected chi connectivity index (χ0v) is 10.1. The number of nitrogens with zero attached hydrogens (tertiary/aromatic N) is 1. The van der Waals surface area contributed by atoms with Gasteiger partial charge in [-0.25, -0.2) is 4.39 Å². The fourth-order valence-electron chi connectivity index (χ4n) is 1.23. The lowest BCUT2D eigenvalue weighted by Gasteiger charge is -2.10. The highest BCUT2D eigenvalue weighted by Crippen LogP contribution is 2.18. The smallest absolute Gasteiger partial charge is 0.222 e. The van der Waals surface area contributed by atoms with Gasteiger partial charge in [0.2, 0.25) is 5.91 Å². The number of amides is 1. The van der Waals surface area contributed by atoms with Gasteiger partial charge < -0.3 is 15.4 Å². The minimum absolute atomic E-state index is 0.0529. The topological polar surface area (TPSA) is 55.6 Å². The summed E-state index contributed by atoms with van der Waals surface area (Å²) < 4.78 is 18.4. The molecule has 1 aromatic carbocycles. The summed E-state index contributed by atoms with van der Waals surface area (Å²) in [4.78, 5) is 12.8. The van der Waals surface area contributed by atoms with Crippen molar-refractivity contribution in [3.8, 4) is 5.75 Å². The summed E-state index contributed by atoms with van der Waals surface area (Å²) in [5, 5.41) is 0. The molecule has 4 nitrogen and oxygen atoms in total. The first-order valence-corrected chi connectivity index (χ1v) is 5.38. The normalized spacial score (nSPS) is 10.1. The van der Waals surface area contributed by atoms with Crippen LogP contribution in [0.4, 0.5) is 10.1 Å². The van der Waals surface area contributed by atoms with Crippen molar-refractivity contribution in [1.82, 2.24) is 4.90 Å². The molecule has 0 aliphatic heterocycles. The third-order valence-electron chi connectivity index (χ3n) is 2.27. The molecule has 1 amide bonds. The van der Waals surface area contributed by atoms with Gasteiger partial charge in [-0.1, -0.05) is 0 Å². The van der Waals surface area contributed by atoms with E-state index in [2.05, 4.69) is 0 Å². The first kappa shape index (κ1) is 13.3. The number of halogens is 1. The average Bonchev–Trinajstić information content (AvgIpc) is 2.28. The second kappa shape index (κ2) is 6.08. The van der Waals surface area contributed by atoms with E-state index in [1.165, 1.54) is 17.0 Å². The molecule has 0 saturated carbocycles. The van der Waals surface area contributed by atoms with E-state index in [-0.39, 0.29) is 11.6 Å². The molecule has 94 valence electrons. The Labute approximate surface area is 100 Å². The molecule has 0 heterocycles. The molecule has 0 aliphatic rings. The highest BCUT2D eigenvalue weighted by Gasteiger charge is 2.04. The van der Waals surface area contributed by atoms with Crippen LogP contribution in [0.1, 0.15) is 12.8 Å². The first-order valence-electron chi connectivity index (χ1n) is 5.38. The van der Waals surface area contributed by atoms with Gasteiger partial charge in [0.05, 0.1) is 12.3 Å². The van der Waals surface area contributed by atoms with Crippen LogP contribution in [0.3, 0.4) is 0 Å². The maximum absolute atomic E-state index is 13.1. The van der Waals surface area contributed by atoms with Gasteiger partial charge in [-0.2, -0.15) is 0 Å². The summed E-state index contributed by atoms with van der Waals surface area (Å²) in [6.45, 7) is 0.378. The standard InChI is InChI=1S/C12H17FN2O2/c1-15(2)12(16)4-3-7-17-9-5-6-11(14)10(13)8-9/h5-6,8H,3-4,7,14H2,1-2H3. The molecule has 0 saturated heterocycles. The van der Waals surface area contributed by atoms with Crippen molar-refractivity contribution in [2.45, 2.75) is 12.8 Å². The minimum atomic E-state index is -0.494. The fourth-order valence-corrected chi connectivity index (χ4v) is 1.23. The second-order valence-corrected chi connectivity index (χ2v) is 3.92. The number of rotatable bonds is 5. The molecule has 0 bridgehead atoms. The van der Waals surface area contributed by atoms with E-state index in [1.54, 1.807) is 20.2 Å². The molecule has 0 atom stereocenters. The molecule has 1 rings (SSSR count). The minimum Gasteiger partial charge on any atom is -0.493 e. The van der Waals surface area contributed by atoms with Crippen LogP contribution >= 0.6 is 0 Å². The quantitative estimate of drug-likeness (QED) is 0.629. The molecular weight excluding hydrogens is 223 g/mol. The summed E-state index contributed by atoms with van der Waals surface area (Å²) >= 11 is 0. The van der Waals surface area contributed by atoms with Crippen LogP contribution in [0.5, 0.6) is 5.75 Å². The molecule has 0 radical (unpaired) electrons. The van der Waals surface area contributed by atoms with E-state index in [0.717, 1.165) is 0 Å². The summed E-state index contributed by atoms with van der Waals surface area (Å²) in [7, 11) is 3.41. The van der Waals surface area contributed by atoms with Crippen LogP contribution in [-0.2, 0) is 4.79 Å². The van der Waals surface area contributed by atoms with Gasteiger partial charge in [-0.3, -0.25) is 4.79 Å². The lowest BCUT2D eigenvalue weighted by atomic mass is 10.3. The number of benzene rings is 1. The van der Waals surface area contributed by atoms with Crippen LogP contribution in [-0.4, -0.2) is 31.5 Å². The Morgan fingerprint density at radius 2 is 2.18 bits per heavy atom. The zero-order valence-electron chi connectivity index (χ0n) is 10.1. The van der Waals surface area contributed by atoms with Crippen molar-refractivity contribution in [3.05, 3.63) is 24.0 Å². The number of carbonyl (C=O) groups is 1. The second-order valence-electron chi connectivity index (χ2n) is 3.92. The van der Waals surface area contributed by atoms with Crippen molar-refractivity contribution >= 4 is 11.6 Å². The number of nitrogens with two attached hydrogens (primary N) is 1. The number of nitrogen functional groups attached to an aromatic ring is 1. The Bertz CT molecular complexity index is 394. The van der Waals surface area contributed by atoms with Gasteiger partial charge in [0, 0.05) is 26.6 Å². The van der Waals surface area contributed by atoms with Gasteiger partial charge in [0.1, 0.15) is 11.6 Å². The van der Waals surface area contributed by atoms with Gasteiger partial charge in [0.15, 0.2) is 0 Å². The molecule has 2 N–H and O–H groups in total. The molecule has 5 heteroatoms. The number of ether oxygens (including phenoxy) is 1. The Hall–Kier alpha value is -1.78. The van der Waals surface area contributed by atoms with E-state index < -0.39 is 5.82 Å². The molecular formula is C12H17FN2O2. The molecule has 1 aromatic rings. The summed E-state index contributed by atoms with van der Waals surface area (Å²) in [5.41, 5.74) is 5.43. The predicted octanol–water partition coefficient (Wildman–Crippen LogP) is 1.66. The number of anilines is 1. The van der Waals surface area contributed by atoms with E-state index >= 15 is 0 Å². The predicted molar refractivity (Wildman–Crippen MR) is 64.2 cm³/mol. The molecule has 0 aliphatic carbocycles. The monoisotopic (exact) mass is 240 g/mol. The molecule has 0 fully saturated rings. The van der Waals surface area contributed by atoms with Crippen molar-refractivity contribution < 1.29 is 13.9 Å². The number of hydrogen-bond acceptors (Lipinski definition) is 3. The van der Waals surface area contributed by atoms with Crippen molar-refractivity contribution in [2.75, 3.05) is 26.4 Å². The molecule has 0 spiro atoms. The summed E-state index contributed by atoms with van der Waals surface area (Å²) in [5.74, 6) is -0.0158. The van der Waals surface area contributed by atoms with Crippen LogP contribution in [0.2, 0.25) is 0 Å². The average molecular weight is 240 g/mol. The highest BCUT2D eigenvalue weighted by atomic mass is 19.1. The fraction of sp³-hybridized carbons (Fsp3) is 0.417. The van der Waals surface area contributed by atoms with Gasteiger partial charge in [-0.15, -0.1) is 0 Å². The first-order chi connectivity index (χ1) is 8.00. The van der Waals surface area contributed by atoms with Gasteiger partial charge >= 0.3 is 0 Å². The lowest BCUT2D eigenvalue weighted by molar-refractivity contribution is -0.128. The zero-order chi connectivity index (χ0) is 12.8. The Morgan fingerprint density at radius 3 is 2.76 bits per heavy atom. The molecule has 0 unspecified atom stereocenters. The Balaban J connectivity index is 2.31. The van der Waals surface area contributed by atoms with E-state index in [0.29, 0.717) is 25.2 Å². The van der Waals surface area contributed by atoms with E-state index in [1.807, 2.05) is 0 Å². The Kier molecular flexibility index (Phi) is 4.75. The SMILES string of the molecule is CN(C)C(=O)CCCOc1ccc(N)c(F)c1. The van der Waals surface area contributed by atoms with Gasteiger partial charge in [-0.05, 0) is 18.6 Å². The third kappa shape index (κ3) is 4.30. The maximum atomic E-state index is 13.1. The van der Waals surface area contributed by atoms with Crippen molar-refractivity contribution in [1.29, 1.82) is 0 Å². The maximum Gasteiger partial charge on any atom is 0.222 e. The van der Waals surface area contributed by atoms with Crippen LogP contribution in [0, 0.1) is 5.82 Å². The molecule has 17 heavy (non-hydrogen) atoms. The summed E-state index contributed by atoms with van der Waals surface area (Å²) in [6.07, 6.45) is 1.02. The van der Waals surface area contributed by atoms with Crippen LogP contribution in [0.25, 0.3) is 0 Å². The van der Waals surface area contributed by atoms with Crippen molar-refractivity contribution in [3.63, 3.8) is 0 Å². The third-order valence-corrected chi connectivity index (χ3v) is 2.27. The largest absolute Gasteiger partial charge is 0.493 e. The number of carbonyl (C=O) groups excluding carboxylic acids is 1. The lowest BCUT2D eigenvalue weighted by Crippen LogP contribution is -2.21. The number of hydrogen-bond donors (Lipinski definition) is 1. The Morgan fingerprint density at radius 1 is 1.47 bits per heavy atom. The van der Waals surface area contributed by atoms with E-state index in [4.69, 9.17) is 10.5 Å². The van der Waals surface area contributed by atoms with Crippen LogP contribution < -0.4 is 10.5 Å². The summed E-state index contributed by atoms with van der Waals surface area (Å²) in [6, 6.07) is 4.30. The van der Waals surface area contributed by atoms with Crippen LogP contribution in [0.15, 0.2) is 18.2 Å². The highest BCUT2D eigenvalue weighted by molar-refractivity contribution is 5.75. The van der Waals surface area contributed by atoms with Gasteiger partial charge in [0.25, 0.3) is 0 Å². The molecule has 0 aromatic heterocycles. The van der Waals surface area contributed by atoms with E-state index in [9.17, 15) is 9.18 Å².